The van der Waals surface area contributed by atoms with E-state index < -0.39 is 48.2 Å². The van der Waals surface area contributed by atoms with Crippen LogP contribution >= 0.6 is 0 Å². The maximum atomic E-state index is 12.9. The number of carbonyl (C=O) groups is 2. The Labute approximate surface area is 201 Å². The first kappa shape index (κ1) is 23.5. The third kappa shape index (κ3) is 3.34. The van der Waals surface area contributed by atoms with Crippen LogP contribution < -0.4 is 10.9 Å². The SMILES string of the molecule is CC1(C)OB(c2ccc3c(c2)-c2cc(B4OC(C)(C)C(C)(C)O4)ccc2C(=O)C3=O)OC1(C)C. The summed E-state index contributed by atoms with van der Waals surface area (Å²) in [7, 11) is -1.14. The second-order valence-electron chi connectivity index (χ2n) is 11.4. The van der Waals surface area contributed by atoms with Gasteiger partial charge in [0.1, 0.15) is 0 Å². The summed E-state index contributed by atoms with van der Waals surface area (Å²) in [5, 5.41) is 0. The van der Waals surface area contributed by atoms with Gasteiger partial charge in [-0.1, -0.05) is 36.4 Å². The number of Topliss-reactive ketones (excluding diaryl/α,β-unsaturated/α-hetero) is 2. The molecule has 0 atom stereocenters. The van der Waals surface area contributed by atoms with Gasteiger partial charge in [-0.05, 0) is 77.4 Å². The summed E-state index contributed by atoms with van der Waals surface area (Å²) in [6.07, 6.45) is 0. The van der Waals surface area contributed by atoms with E-state index in [9.17, 15) is 9.59 Å². The van der Waals surface area contributed by atoms with Crippen molar-refractivity contribution in [2.24, 2.45) is 0 Å². The topological polar surface area (TPSA) is 71.1 Å². The normalized spacial score (nSPS) is 23.8. The molecule has 0 radical (unpaired) electrons. The van der Waals surface area contributed by atoms with Crippen molar-refractivity contribution in [1.82, 2.24) is 0 Å². The van der Waals surface area contributed by atoms with Crippen LogP contribution in [0.15, 0.2) is 36.4 Å². The Morgan fingerprint density at radius 3 is 1.09 bits per heavy atom. The fraction of sp³-hybridized carbons (Fsp3) is 0.462. The van der Waals surface area contributed by atoms with Gasteiger partial charge >= 0.3 is 14.2 Å². The van der Waals surface area contributed by atoms with E-state index in [0.717, 1.165) is 10.9 Å². The lowest BCUT2D eigenvalue weighted by Crippen LogP contribution is -2.41. The lowest BCUT2D eigenvalue weighted by atomic mass is 9.72. The molecule has 2 heterocycles. The third-order valence-electron chi connectivity index (χ3n) is 8.12. The molecule has 0 bridgehead atoms. The van der Waals surface area contributed by atoms with E-state index in [2.05, 4.69) is 0 Å². The van der Waals surface area contributed by atoms with Crippen LogP contribution in [-0.4, -0.2) is 48.2 Å². The molecule has 2 fully saturated rings. The molecule has 2 saturated heterocycles. The second kappa shape index (κ2) is 7.14. The number of carbonyl (C=O) groups excluding carboxylic acids is 2. The van der Waals surface area contributed by atoms with Crippen molar-refractivity contribution in [3.63, 3.8) is 0 Å². The van der Waals surface area contributed by atoms with E-state index in [0.29, 0.717) is 22.3 Å². The van der Waals surface area contributed by atoms with Gasteiger partial charge in [-0.3, -0.25) is 9.59 Å². The highest BCUT2D eigenvalue weighted by atomic mass is 16.7. The molecule has 34 heavy (non-hydrogen) atoms. The molecule has 0 aromatic heterocycles. The molecule has 0 spiro atoms. The summed E-state index contributed by atoms with van der Waals surface area (Å²) >= 11 is 0. The Kier molecular flexibility index (Phi) is 4.93. The monoisotopic (exact) mass is 460 g/mol. The van der Waals surface area contributed by atoms with Crippen molar-refractivity contribution in [3.8, 4) is 11.1 Å². The van der Waals surface area contributed by atoms with Crippen molar-refractivity contribution in [2.75, 3.05) is 0 Å². The summed E-state index contributed by atoms with van der Waals surface area (Å²) < 4.78 is 24.9. The number of fused-ring (bicyclic) bond motifs is 3. The third-order valence-corrected chi connectivity index (χ3v) is 8.12. The van der Waals surface area contributed by atoms with Gasteiger partial charge in [-0.15, -0.1) is 0 Å². The molecule has 1 aliphatic carbocycles. The molecular formula is C26H30B2O6. The van der Waals surface area contributed by atoms with E-state index in [1.807, 2.05) is 67.5 Å². The standard InChI is InChI=1S/C26H30B2O6/c1-23(2)24(3,4)32-27(31-23)15-9-11-17-19(13-15)20-14-16(10-12-18(20)22(30)21(17)29)28-33-25(5,6)26(7,8)34-28/h9-14H,1-8H3. The fourth-order valence-corrected chi connectivity index (χ4v) is 4.46. The Balaban J connectivity index is 1.58. The van der Waals surface area contributed by atoms with Gasteiger partial charge in [0.25, 0.3) is 0 Å². The molecule has 2 aromatic carbocycles. The average molecular weight is 460 g/mol. The number of rotatable bonds is 2. The van der Waals surface area contributed by atoms with E-state index in [4.69, 9.17) is 18.6 Å². The lowest BCUT2D eigenvalue weighted by Gasteiger charge is -2.32. The Morgan fingerprint density at radius 1 is 0.500 bits per heavy atom. The van der Waals surface area contributed by atoms with Crippen LogP contribution in [0.5, 0.6) is 0 Å². The van der Waals surface area contributed by atoms with Crippen LogP contribution in [0.3, 0.4) is 0 Å². The first-order chi connectivity index (χ1) is 15.6. The fourth-order valence-electron chi connectivity index (χ4n) is 4.46. The molecule has 0 unspecified atom stereocenters. The maximum Gasteiger partial charge on any atom is 0.494 e. The van der Waals surface area contributed by atoms with Crippen LogP contribution in [0.25, 0.3) is 11.1 Å². The minimum atomic E-state index is -0.572. The molecule has 2 aliphatic heterocycles. The van der Waals surface area contributed by atoms with Crippen molar-refractivity contribution >= 4 is 36.7 Å². The molecule has 2 aromatic rings. The predicted octanol–water partition coefficient (Wildman–Crippen LogP) is 3.33. The Morgan fingerprint density at radius 2 is 0.794 bits per heavy atom. The van der Waals surface area contributed by atoms with Crippen molar-refractivity contribution in [1.29, 1.82) is 0 Å². The van der Waals surface area contributed by atoms with E-state index in [-0.39, 0.29) is 0 Å². The van der Waals surface area contributed by atoms with Crippen LogP contribution in [0.4, 0.5) is 0 Å². The maximum absolute atomic E-state index is 12.9. The zero-order valence-electron chi connectivity index (χ0n) is 21.1. The van der Waals surface area contributed by atoms with E-state index in [1.165, 1.54) is 0 Å². The Bertz CT molecular complexity index is 1100. The molecular weight excluding hydrogens is 430 g/mol. The minimum Gasteiger partial charge on any atom is -0.399 e. The number of hydrogen-bond acceptors (Lipinski definition) is 6. The first-order valence-corrected chi connectivity index (χ1v) is 11.7. The predicted molar refractivity (Wildman–Crippen MR) is 132 cm³/mol. The smallest absolute Gasteiger partial charge is 0.399 e. The number of hydrogen-bond donors (Lipinski definition) is 0. The Hall–Kier alpha value is -2.25. The summed E-state index contributed by atoms with van der Waals surface area (Å²) in [4.78, 5) is 25.7. The van der Waals surface area contributed by atoms with Gasteiger partial charge in [-0.25, -0.2) is 0 Å². The molecule has 0 N–H and O–H groups in total. The molecule has 0 saturated carbocycles. The van der Waals surface area contributed by atoms with Gasteiger partial charge in [0.05, 0.1) is 22.4 Å². The minimum absolute atomic E-state index is 0.379. The number of benzene rings is 2. The van der Waals surface area contributed by atoms with Gasteiger partial charge in [0.15, 0.2) is 0 Å². The molecule has 0 amide bonds. The van der Waals surface area contributed by atoms with Gasteiger partial charge in [0.2, 0.25) is 11.6 Å². The largest absolute Gasteiger partial charge is 0.494 e. The lowest BCUT2D eigenvalue weighted by molar-refractivity contribution is 0.00578. The van der Waals surface area contributed by atoms with Crippen LogP contribution in [0.1, 0.15) is 76.1 Å². The quantitative estimate of drug-likeness (QED) is 0.506. The first-order valence-electron chi connectivity index (χ1n) is 11.7. The van der Waals surface area contributed by atoms with Crippen molar-refractivity contribution < 1.29 is 28.2 Å². The summed E-state index contributed by atoms with van der Waals surface area (Å²) in [6, 6.07) is 10.8. The van der Waals surface area contributed by atoms with Crippen molar-refractivity contribution in [2.45, 2.75) is 77.8 Å². The molecule has 176 valence electrons. The van der Waals surface area contributed by atoms with E-state index >= 15 is 0 Å². The molecule has 6 nitrogen and oxygen atoms in total. The highest BCUT2D eigenvalue weighted by Crippen LogP contribution is 2.39. The zero-order chi connectivity index (χ0) is 24.8. The zero-order valence-corrected chi connectivity index (χ0v) is 21.1. The molecule has 3 aliphatic rings. The van der Waals surface area contributed by atoms with Gasteiger partial charge in [0, 0.05) is 11.1 Å². The highest BCUT2D eigenvalue weighted by Gasteiger charge is 2.53. The molecule has 5 rings (SSSR count). The van der Waals surface area contributed by atoms with Crippen LogP contribution in [-0.2, 0) is 18.6 Å². The average Bonchev–Trinajstić information content (AvgIpc) is 3.10. The van der Waals surface area contributed by atoms with Crippen molar-refractivity contribution in [3.05, 3.63) is 47.5 Å². The van der Waals surface area contributed by atoms with Gasteiger partial charge in [-0.2, -0.15) is 0 Å². The second-order valence-corrected chi connectivity index (χ2v) is 11.4. The van der Waals surface area contributed by atoms with Crippen LogP contribution in [0.2, 0.25) is 0 Å². The molecule has 8 heteroatoms. The van der Waals surface area contributed by atoms with Crippen LogP contribution in [0, 0.1) is 0 Å². The van der Waals surface area contributed by atoms with Gasteiger partial charge < -0.3 is 18.6 Å². The van der Waals surface area contributed by atoms with E-state index in [1.54, 1.807) is 24.3 Å². The summed E-state index contributed by atoms with van der Waals surface area (Å²) in [6.45, 7) is 16.0. The summed E-state index contributed by atoms with van der Waals surface area (Å²) in [5.41, 5.74) is 1.78. The highest BCUT2D eigenvalue weighted by molar-refractivity contribution is 6.63. The summed E-state index contributed by atoms with van der Waals surface area (Å²) in [5.74, 6) is -1.02. The number of ketones is 2.